The van der Waals surface area contributed by atoms with Crippen molar-refractivity contribution in [3.8, 4) is 0 Å². The van der Waals surface area contributed by atoms with Gasteiger partial charge in [0.15, 0.2) is 0 Å². The van der Waals surface area contributed by atoms with Crippen LogP contribution in [0.1, 0.15) is 44.8 Å². The highest BCUT2D eigenvalue weighted by Gasteiger charge is 2.37. The van der Waals surface area contributed by atoms with Gasteiger partial charge in [0.25, 0.3) is 0 Å². The first-order valence-electron chi connectivity index (χ1n) is 7.27. The Hall–Kier alpha value is -0.850. The molecule has 112 valence electrons. The first-order chi connectivity index (χ1) is 9.43. The minimum absolute atomic E-state index is 0.0526. The van der Waals surface area contributed by atoms with Gasteiger partial charge in [-0.25, -0.2) is 8.42 Å². The first-order valence-corrected chi connectivity index (χ1v) is 8.71. The van der Waals surface area contributed by atoms with Crippen molar-refractivity contribution < 1.29 is 13.5 Å². The smallest absolute Gasteiger partial charge is 0.244 e. The van der Waals surface area contributed by atoms with Crippen LogP contribution in [0.4, 0.5) is 0 Å². The number of nitrogens with zero attached hydrogens (tertiary/aromatic N) is 2. The Morgan fingerprint density at radius 1 is 1.35 bits per heavy atom. The van der Waals surface area contributed by atoms with Crippen LogP contribution >= 0.6 is 0 Å². The van der Waals surface area contributed by atoms with Crippen molar-refractivity contribution in [3.63, 3.8) is 0 Å². The molecule has 2 unspecified atom stereocenters. The molecule has 1 N–H and O–H groups in total. The molecular formula is C14H22N2O3S. The van der Waals surface area contributed by atoms with E-state index in [1.54, 1.807) is 16.6 Å². The predicted octanol–water partition coefficient (Wildman–Crippen LogP) is 1.73. The Labute approximate surface area is 120 Å². The van der Waals surface area contributed by atoms with E-state index in [9.17, 15) is 13.5 Å². The maximum absolute atomic E-state index is 12.7. The molecule has 2 fully saturated rings. The second-order valence-corrected chi connectivity index (χ2v) is 8.12. The molecule has 2 atom stereocenters. The first kappa shape index (κ1) is 14.1. The third kappa shape index (κ3) is 2.29. The molecule has 0 radical (unpaired) electrons. The van der Waals surface area contributed by atoms with Gasteiger partial charge in [0, 0.05) is 30.5 Å². The molecule has 0 amide bonds. The molecule has 0 spiro atoms. The average Bonchev–Trinajstić information content (AvgIpc) is 3.03. The minimum atomic E-state index is -3.44. The van der Waals surface area contributed by atoms with Gasteiger partial charge in [0.2, 0.25) is 10.0 Å². The summed E-state index contributed by atoms with van der Waals surface area (Å²) in [5, 5.41) is 9.40. The lowest BCUT2D eigenvalue weighted by Crippen LogP contribution is -2.33. The molecule has 1 saturated heterocycles. The Balaban J connectivity index is 1.95. The van der Waals surface area contributed by atoms with Crippen LogP contribution < -0.4 is 0 Å². The highest BCUT2D eigenvalue weighted by Crippen LogP contribution is 2.38. The summed E-state index contributed by atoms with van der Waals surface area (Å²) in [6.45, 7) is 4.52. The highest BCUT2D eigenvalue weighted by molar-refractivity contribution is 7.89. The highest BCUT2D eigenvalue weighted by atomic mass is 32.2. The largest absolute Gasteiger partial charge is 0.390 e. The van der Waals surface area contributed by atoms with Crippen LogP contribution in [-0.2, 0) is 16.6 Å². The van der Waals surface area contributed by atoms with Crippen LogP contribution in [0.5, 0.6) is 0 Å². The third-order valence-corrected chi connectivity index (χ3v) is 6.29. The van der Waals surface area contributed by atoms with Gasteiger partial charge in [-0.2, -0.15) is 4.31 Å². The molecule has 1 aliphatic carbocycles. The summed E-state index contributed by atoms with van der Waals surface area (Å²) in [4.78, 5) is 0.328. The lowest BCUT2D eigenvalue weighted by Gasteiger charge is -2.20. The standard InChI is InChI=1S/C14H22N2O3S/c1-10-5-11(2)16(7-10)20(18,19)14-6-13(9-17)15(8-14)12-3-4-12/h6,8,10-12,17H,3-5,7,9H2,1-2H3. The van der Waals surface area contributed by atoms with E-state index in [2.05, 4.69) is 6.92 Å². The number of hydrogen-bond acceptors (Lipinski definition) is 3. The Bertz CT molecular complexity index is 604. The Morgan fingerprint density at radius 3 is 2.55 bits per heavy atom. The van der Waals surface area contributed by atoms with Crippen molar-refractivity contribution in [1.82, 2.24) is 8.87 Å². The fraction of sp³-hybridized carbons (Fsp3) is 0.714. The number of aromatic nitrogens is 1. The van der Waals surface area contributed by atoms with Gasteiger partial charge in [-0.05, 0) is 38.2 Å². The lowest BCUT2D eigenvalue weighted by molar-refractivity contribution is 0.270. The number of rotatable bonds is 4. The molecule has 3 rings (SSSR count). The quantitative estimate of drug-likeness (QED) is 0.921. The van der Waals surface area contributed by atoms with Crippen LogP contribution in [0.15, 0.2) is 17.2 Å². The summed E-state index contributed by atoms with van der Waals surface area (Å²) in [6.07, 6.45) is 4.75. The SMILES string of the molecule is CC1CC(C)N(S(=O)(=O)c2cc(CO)n(C3CC3)c2)C1. The number of sulfonamides is 1. The molecule has 5 nitrogen and oxygen atoms in total. The number of aliphatic hydroxyl groups is 1. The molecular weight excluding hydrogens is 276 g/mol. The van der Waals surface area contributed by atoms with Crippen LogP contribution in [0, 0.1) is 5.92 Å². The molecule has 2 aliphatic rings. The topological polar surface area (TPSA) is 62.5 Å². The Kier molecular flexibility index (Phi) is 3.43. The minimum Gasteiger partial charge on any atom is -0.390 e. The van der Waals surface area contributed by atoms with Crippen molar-refractivity contribution in [1.29, 1.82) is 0 Å². The van der Waals surface area contributed by atoms with Crippen LogP contribution in [0.25, 0.3) is 0 Å². The molecule has 1 aromatic heterocycles. The average molecular weight is 298 g/mol. The van der Waals surface area contributed by atoms with E-state index in [0.717, 1.165) is 19.3 Å². The summed E-state index contributed by atoms with van der Waals surface area (Å²) in [6, 6.07) is 2.05. The molecule has 2 heterocycles. The van der Waals surface area contributed by atoms with E-state index in [-0.39, 0.29) is 12.6 Å². The van der Waals surface area contributed by atoms with Crippen molar-refractivity contribution in [2.75, 3.05) is 6.54 Å². The second kappa shape index (κ2) is 4.86. The molecule has 1 aliphatic heterocycles. The maximum atomic E-state index is 12.7. The number of hydrogen-bond donors (Lipinski definition) is 1. The lowest BCUT2D eigenvalue weighted by atomic mass is 10.1. The van der Waals surface area contributed by atoms with E-state index in [1.165, 1.54) is 0 Å². The van der Waals surface area contributed by atoms with E-state index in [1.807, 2.05) is 11.5 Å². The summed E-state index contributed by atoms with van der Waals surface area (Å²) >= 11 is 0. The van der Waals surface area contributed by atoms with Crippen LogP contribution in [-0.4, -0.2) is 35.0 Å². The zero-order valence-electron chi connectivity index (χ0n) is 12.0. The molecule has 20 heavy (non-hydrogen) atoms. The maximum Gasteiger partial charge on any atom is 0.244 e. The van der Waals surface area contributed by atoms with Crippen molar-refractivity contribution in [3.05, 3.63) is 18.0 Å². The van der Waals surface area contributed by atoms with Gasteiger partial charge >= 0.3 is 0 Å². The summed E-state index contributed by atoms with van der Waals surface area (Å²) < 4.78 is 29.0. The zero-order valence-corrected chi connectivity index (χ0v) is 12.8. The normalized spacial score (nSPS) is 28.1. The van der Waals surface area contributed by atoms with Gasteiger partial charge in [-0.15, -0.1) is 0 Å². The van der Waals surface area contributed by atoms with Crippen molar-refractivity contribution >= 4 is 10.0 Å². The molecule has 1 aromatic rings. The fourth-order valence-electron chi connectivity index (χ4n) is 3.19. The summed E-state index contributed by atoms with van der Waals surface area (Å²) in [7, 11) is -3.44. The molecule has 1 saturated carbocycles. The molecule has 6 heteroatoms. The monoisotopic (exact) mass is 298 g/mol. The zero-order chi connectivity index (χ0) is 14.5. The molecule has 0 bridgehead atoms. The predicted molar refractivity (Wildman–Crippen MR) is 75.8 cm³/mol. The van der Waals surface area contributed by atoms with E-state index in [4.69, 9.17) is 0 Å². The van der Waals surface area contributed by atoms with Crippen molar-refractivity contribution in [2.45, 2.75) is 56.7 Å². The van der Waals surface area contributed by atoms with Crippen LogP contribution in [0.2, 0.25) is 0 Å². The summed E-state index contributed by atoms with van der Waals surface area (Å²) in [5.41, 5.74) is 0.700. The van der Waals surface area contributed by atoms with E-state index >= 15 is 0 Å². The molecule has 0 aromatic carbocycles. The van der Waals surface area contributed by atoms with Gasteiger partial charge < -0.3 is 9.67 Å². The van der Waals surface area contributed by atoms with E-state index < -0.39 is 10.0 Å². The number of aliphatic hydroxyl groups excluding tert-OH is 1. The van der Waals surface area contributed by atoms with Gasteiger partial charge in [-0.3, -0.25) is 0 Å². The summed E-state index contributed by atoms with van der Waals surface area (Å²) in [5.74, 6) is 0.405. The van der Waals surface area contributed by atoms with Gasteiger partial charge in [0.1, 0.15) is 4.90 Å². The van der Waals surface area contributed by atoms with E-state index in [0.29, 0.717) is 29.1 Å². The third-order valence-electron chi connectivity index (χ3n) is 4.34. The van der Waals surface area contributed by atoms with Gasteiger partial charge in [0.05, 0.1) is 6.61 Å². The van der Waals surface area contributed by atoms with Crippen molar-refractivity contribution in [2.24, 2.45) is 5.92 Å². The fourth-order valence-corrected chi connectivity index (χ4v) is 5.00. The van der Waals surface area contributed by atoms with Gasteiger partial charge in [-0.1, -0.05) is 6.92 Å². The second-order valence-electron chi connectivity index (χ2n) is 6.23. The van der Waals surface area contributed by atoms with Crippen LogP contribution in [0.3, 0.4) is 0 Å². The Morgan fingerprint density at radius 2 is 2.05 bits per heavy atom.